The second-order valence-electron chi connectivity index (χ2n) is 5.85. The minimum atomic E-state index is 0.179. The van der Waals surface area contributed by atoms with Crippen molar-refractivity contribution < 1.29 is 0 Å². The van der Waals surface area contributed by atoms with Gasteiger partial charge in [-0.2, -0.15) is 0 Å². The van der Waals surface area contributed by atoms with Crippen LogP contribution in [-0.2, 0) is 11.8 Å². The maximum atomic E-state index is 2.31. The van der Waals surface area contributed by atoms with E-state index in [4.69, 9.17) is 0 Å². The molecule has 2 aromatic carbocycles. The molecule has 0 atom stereocenters. The zero-order chi connectivity index (χ0) is 13.2. The zero-order valence-electron chi connectivity index (χ0n) is 11.8. The van der Waals surface area contributed by atoms with E-state index in [0.29, 0.717) is 0 Å². The second-order valence-corrected chi connectivity index (χ2v) is 5.85. The molecule has 0 nitrogen and oxygen atoms in total. The molecule has 0 aromatic heterocycles. The number of hydrogen-bond acceptors (Lipinski definition) is 0. The highest BCUT2D eigenvalue weighted by atomic mass is 14.2. The molecule has 0 radical (unpaired) electrons. The molecular weight excluding hydrogens is 216 g/mol. The minimum absolute atomic E-state index is 0.179. The molecule has 0 spiro atoms. The summed E-state index contributed by atoms with van der Waals surface area (Å²) in [6.07, 6.45) is 1.09. The van der Waals surface area contributed by atoms with Crippen LogP contribution in [0.1, 0.15) is 38.8 Å². The van der Waals surface area contributed by atoms with Crippen LogP contribution in [0, 0.1) is 0 Å². The monoisotopic (exact) mass is 238 g/mol. The molecule has 0 heteroatoms. The Balaban J connectivity index is 2.57. The molecule has 0 unspecified atom stereocenters. The van der Waals surface area contributed by atoms with Gasteiger partial charge in [-0.15, -0.1) is 0 Å². The molecule has 0 bridgehead atoms. The molecule has 0 amide bonds. The van der Waals surface area contributed by atoms with Gasteiger partial charge in [-0.1, -0.05) is 76.2 Å². The normalized spacial score (nSPS) is 11.6. The van der Waals surface area contributed by atoms with Gasteiger partial charge in [0.15, 0.2) is 0 Å². The van der Waals surface area contributed by atoms with E-state index in [1.54, 1.807) is 0 Å². The average Bonchev–Trinajstić information content (AvgIpc) is 2.38. The summed E-state index contributed by atoms with van der Waals surface area (Å²) in [5, 5.41) is 0. The maximum Gasteiger partial charge on any atom is -0.0126 e. The summed E-state index contributed by atoms with van der Waals surface area (Å²) in [5.41, 5.74) is 5.69. The van der Waals surface area contributed by atoms with Gasteiger partial charge in [0.25, 0.3) is 0 Å². The third-order valence-electron chi connectivity index (χ3n) is 3.38. The van der Waals surface area contributed by atoms with E-state index in [1.807, 2.05) is 0 Å². The highest BCUT2D eigenvalue weighted by Crippen LogP contribution is 2.33. The Hall–Kier alpha value is -1.56. The predicted octanol–water partition coefficient (Wildman–Crippen LogP) is 5.21. The fourth-order valence-corrected chi connectivity index (χ4v) is 2.35. The first-order chi connectivity index (χ1) is 8.52. The SMILES string of the molecule is CCc1cccc(-c2ccccc2C(C)(C)C)c1. The van der Waals surface area contributed by atoms with Crippen LogP contribution in [0.2, 0.25) is 0 Å². The standard InChI is InChI=1S/C18H22/c1-5-14-9-8-10-15(13-14)16-11-6-7-12-17(16)18(2,3)4/h6-13H,5H2,1-4H3. The molecule has 0 saturated heterocycles. The van der Waals surface area contributed by atoms with Crippen LogP contribution < -0.4 is 0 Å². The molecule has 0 aliphatic heterocycles. The number of aryl methyl sites for hydroxylation is 1. The molecular formula is C18H22. The van der Waals surface area contributed by atoms with Crippen molar-refractivity contribution >= 4 is 0 Å². The third-order valence-corrected chi connectivity index (χ3v) is 3.38. The maximum absolute atomic E-state index is 2.31. The van der Waals surface area contributed by atoms with E-state index in [-0.39, 0.29) is 5.41 Å². The van der Waals surface area contributed by atoms with E-state index >= 15 is 0 Å². The molecule has 94 valence electrons. The summed E-state index contributed by atoms with van der Waals surface area (Å²) < 4.78 is 0. The van der Waals surface area contributed by atoms with Crippen LogP contribution in [-0.4, -0.2) is 0 Å². The van der Waals surface area contributed by atoms with Crippen LogP contribution in [0.5, 0.6) is 0 Å². The summed E-state index contributed by atoms with van der Waals surface area (Å²) >= 11 is 0. The fraction of sp³-hybridized carbons (Fsp3) is 0.333. The Morgan fingerprint density at radius 3 is 2.28 bits per heavy atom. The van der Waals surface area contributed by atoms with Crippen molar-refractivity contribution in [2.75, 3.05) is 0 Å². The number of hydrogen-bond donors (Lipinski definition) is 0. The van der Waals surface area contributed by atoms with Crippen molar-refractivity contribution in [1.82, 2.24) is 0 Å². The molecule has 0 saturated carbocycles. The van der Waals surface area contributed by atoms with Gasteiger partial charge >= 0.3 is 0 Å². The van der Waals surface area contributed by atoms with Gasteiger partial charge in [-0.25, -0.2) is 0 Å². The van der Waals surface area contributed by atoms with Gasteiger partial charge in [0.05, 0.1) is 0 Å². The van der Waals surface area contributed by atoms with Crippen molar-refractivity contribution in [3.05, 3.63) is 59.7 Å². The van der Waals surface area contributed by atoms with E-state index in [1.165, 1.54) is 22.3 Å². The summed E-state index contributed by atoms with van der Waals surface area (Å²) in [7, 11) is 0. The first kappa shape index (κ1) is 12.9. The van der Waals surface area contributed by atoms with E-state index in [0.717, 1.165) is 6.42 Å². The second kappa shape index (κ2) is 4.97. The lowest BCUT2D eigenvalue weighted by Crippen LogP contribution is -2.12. The van der Waals surface area contributed by atoms with Crippen molar-refractivity contribution in [3.63, 3.8) is 0 Å². The minimum Gasteiger partial charge on any atom is -0.0619 e. The lowest BCUT2D eigenvalue weighted by molar-refractivity contribution is 0.592. The van der Waals surface area contributed by atoms with Gasteiger partial charge in [0.2, 0.25) is 0 Å². The molecule has 0 heterocycles. The average molecular weight is 238 g/mol. The summed E-state index contributed by atoms with van der Waals surface area (Å²) in [6, 6.07) is 17.6. The van der Waals surface area contributed by atoms with E-state index < -0.39 is 0 Å². The number of rotatable bonds is 2. The molecule has 0 fully saturated rings. The largest absolute Gasteiger partial charge is 0.0619 e. The molecule has 2 rings (SSSR count). The van der Waals surface area contributed by atoms with E-state index in [2.05, 4.69) is 76.2 Å². The van der Waals surface area contributed by atoms with Crippen molar-refractivity contribution in [3.8, 4) is 11.1 Å². The van der Waals surface area contributed by atoms with Gasteiger partial charge in [0.1, 0.15) is 0 Å². The van der Waals surface area contributed by atoms with Crippen LogP contribution in [0.15, 0.2) is 48.5 Å². The summed E-state index contributed by atoms with van der Waals surface area (Å²) in [4.78, 5) is 0. The Morgan fingerprint density at radius 2 is 1.61 bits per heavy atom. The van der Waals surface area contributed by atoms with Crippen LogP contribution >= 0.6 is 0 Å². The van der Waals surface area contributed by atoms with Crippen molar-refractivity contribution in [1.29, 1.82) is 0 Å². The highest BCUT2D eigenvalue weighted by molar-refractivity contribution is 5.69. The van der Waals surface area contributed by atoms with Gasteiger partial charge in [-0.05, 0) is 34.1 Å². The highest BCUT2D eigenvalue weighted by Gasteiger charge is 2.17. The smallest absolute Gasteiger partial charge is 0.0126 e. The topological polar surface area (TPSA) is 0 Å². The van der Waals surface area contributed by atoms with Gasteiger partial charge in [0, 0.05) is 0 Å². The number of benzene rings is 2. The Labute approximate surface area is 111 Å². The molecule has 2 aromatic rings. The van der Waals surface area contributed by atoms with Crippen molar-refractivity contribution in [2.45, 2.75) is 39.5 Å². The van der Waals surface area contributed by atoms with Crippen LogP contribution in [0.3, 0.4) is 0 Å². The van der Waals surface area contributed by atoms with Crippen LogP contribution in [0.4, 0.5) is 0 Å². The molecule has 0 aliphatic rings. The fourth-order valence-electron chi connectivity index (χ4n) is 2.35. The predicted molar refractivity (Wildman–Crippen MR) is 80.0 cm³/mol. The summed E-state index contributed by atoms with van der Waals surface area (Å²) in [5.74, 6) is 0. The quantitative estimate of drug-likeness (QED) is 0.673. The summed E-state index contributed by atoms with van der Waals surface area (Å²) in [6.45, 7) is 9.02. The van der Waals surface area contributed by atoms with Crippen LogP contribution in [0.25, 0.3) is 11.1 Å². The Morgan fingerprint density at radius 1 is 0.889 bits per heavy atom. The lowest BCUT2D eigenvalue weighted by atomic mass is 9.81. The third kappa shape index (κ3) is 2.64. The Kier molecular flexibility index (Phi) is 3.56. The zero-order valence-corrected chi connectivity index (χ0v) is 11.8. The Bertz CT molecular complexity index is 530. The van der Waals surface area contributed by atoms with E-state index in [9.17, 15) is 0 Å². The first-order valence-corrected chi connectivity index (χ1v) is 6.71. The molecule has 0 N–H and O–H groups in total. The molecule has 0 aliphatic carbocycles. The molecule has 18 heavy (non-hydrogen) atoms. The lowest BCUT2D eigenvalue weighted by Gasteiger charge is -2.23. The first-order valence-electron chi connectivity index (χ1n) is 6.71. The van der Waals surface area contributed by atoms with Gasteiger partial charge in [-0.3, -0.25) is 0 Å². The van der Waals surface area contributed by atoms with Gasteiger partial charge < -0.3 is 0 Å². The van der Waals surface area contributed by atoms with Crippen molar-refractivity contribution in [2.24, 2.45) is 0 Å².